The molecule has 1 amide bonds. The van der Waals surface area contributed by atoms with Gasteiger partial charge in [-0.25, -0.2) is 0 Å². The molecule has 0 saturated heterocycles. The number of methoxy groups -OCH3 is 1. The molecule has 0 heterocycles. The summed E-state index contributed by atoms with van der Waals surface area (Å²) in [5, 5.41) is 2.81. The van der Waals surface area contributed by atoms with Crippen molar-refractivity contribution in [1.82, 2.24) is 5.32 Å². The molecule has 0 fully saturated rings. The maximum atomic E-state index is 11.9. The van der Waals surface area contributed by atoms with Crippen LogP contribution in [0.4, 0.5) is 0 Å². The topological polar surface area (TPSA) is 73.6 Å². The zero-order valence-corrected chi connectivity index (χ0v) is 12.8. The lowest BCUT2D eigenvalue weighted by Gasteiger charge is -2.20. The number of nitrogens with one attached hydrogen (secondary N) is 1. The van der Waals surface area contributed by atoms with E-state index in [1.54, 1.807) is 20.1 Å². The lowest BCUT2D eigenvalue weighted by molar-refractivity contribution is -0.127. The summed E-state index contributed by atoms with van der Waals surface area (Å²) in [5.74, 6) is 1.09. The van der Waals surface area contributed by atoms with E-state index < -0.39 is 6.10 Å². The van der Waals surface area contributed by atoms with Crippen molar-refractivity contribution >= 4 is 5.91 Å². The van der Waals surface area contributed by atoms with E-state index in [-0.39, 0.29) is 18.0 Å². The Bertz CT molecular complexity index is 458. The molecule has 0 aliphatic carbocycles. The van der Waals surface area contributed by atoms with Gasteiger partial charge in [0, 0.05) is 23.7 Å². The highest BCUT2D eigenvalue weighted by Gasteiger charge is 2.18. The molecule has 0 aromatic heterocycles. The smallest absolute Gasteiger partial charge is 0.260 e. The zero-order chi connectivity index (χ0) is 15.3. The predicted molar refractivity (Wildman–Crippen MR) is 79.0 cm³/mol. The van der Waals surface area contributed by atoms with Crippen molar-refractivity contribution in [3.63, 3.8) is 0 Å². The first-order chi connectivity index (χ1) is 9.35. The van der Waals surface area contributed by atoms with Crippen LogP contribution >= 0.6 is 0 Å². The monoisotopic (exact) mass is 280 g/mol. The Morgan fingerprint density at radius 3 is 2.40 bits per heavy atom. The zero-order valence-electron chi connectivity index (χ0n) is 12.8. The number of ether oxygens (including phenoxy) is 2. The fourth-order valence-corrected chi connectivity index (χ4v) is 1.77. The van der Waals surface area contributed by atoms with Crippen LogP contribution in [0.2, 0.25) is 0 Å². The number of hydrogen-bond donors (Lipinski definition) is 2. The Hall–Kier alpha value is -1.75. The van der Waals surface area contributed by atoms with Crippen LogP contribution < -0.4 is 20.5 Å². The third-order valence-corrected chi connectivity index (χ3v) is 2.82. The minimum Gasteiger partial charge on any atom is -0.497 e. The molecule has 0 aliphatic heterocycles. The van der Waals surface area contributed by atoms with Crippen molar-refractivity contribution < 1.29 is 14.3 Å². The van der Waals surface area contributed by atoms with Crippen LogP contribution in [0.5, 0.6) is 11.5 Å². The Balaban J connectivity index is 2.91. The Morgan fingerprint density at radius 1 is 1.25 bits per heavy atom. The van der Waals surface area contributed by atoms with Gasteiger partial charge in [-0.15, -0.1) is 0 Å². The second kappa shape index (κ2) is 7.14. The fraction of sp³-hybridized carbons (Fsp3) is 0.533. The highest BCUT2D eigenvalue weighted by Crippen LogP contribution is 2.29. The fourth-order valence-electron chi connectivity index (χ4n) is 1.77. The summed E-state index contributed by atoms with van der Waals surface area (Å²) in [6.45, 7) is 7.39. The normalized spacial score (nSPS) is 13.8. The quantitative estimate of drug-likeness (QED) is 0.836. The average molecular weight is 280 g/mol. The van der Waals surface area contributed by atoms with Crippen LogP contribution in [0.15, 0.2) is 18.2 Å². The molecule has 0 aliphatic rings. The molecule has 0 radical (unpaired) electrons. The maximum absolute atomic E-state index is 11.9. The van der Waals surface area contributed by atoms with Gasteiger partial charge in [-0.05, 0) is 33.8 Å². The molecule has 112 valence electrons. The molecule has 0 spiro atoms. The Labute approximate surface area is 120 Å². The molecule has 2 atom stereocenters. The van der Waals surface area contributed by atoms with Crippen LogP contribution in [0, 0.1) is 0 Å². The molecule has 0 saturated carbocycles. The summed E-state index contributed by atoms with van der Waals surface area (Å²) in [6.07, 6.45) is -0.595. The molecule has 5 heteroatoms. The van der Waals surface area contributed by atoms with Crippen molar-refractivity contribution in [1.29, 1.82) is 0 Å². The van der Waals surface area contributed by atoms with Crippen LogP contribution in [-0.2, 0) is 4.79 Å². The largest absolute Gasteiger partial charge is 0.497 e. The van der Waals surface area contributed by atoms with E-state index in [1.165, 1.54) is 0 Å². The van der Waals surface area contributed by atoms with E-state index in [4.69, 9.17) is 15.2 Å². The van der Waals surface area contributed by atoms with Crippen molar-refractivity contribution in [2.24, 2.45) is 5.73 Å². The SMILES string of the molecule is COc1ccc(C(C)N)c(OC(C)C(=O)NC(C)C)c1. The maximum Gasteiger partial charge on any atom is 0.260 e. The highest BCUT2D eigenvalue weighted by atomic mass is 16.5. The number of benzene rings is 1. The third-order valence-electron chi connectivity index (χ3n) is 2.82. The number of hydrogen-bond acceptors (Lipinski definition) is 4. The van der Waals surface area contributed by atoms with Gasteiger partial charge in [0.05, 0.1) is 7.11 Å². The molecule has 3 N–H and O–H groups in total. The van der Waals surface area contributed by atoms with Gasteiger partial charge in [-0.2, -0.15) is 0 Å². The highest BCUT2D eigenvalue weighted by molar-refractivity contribution is 5.81. The molecule has 20 heavy (non-hydrogen) atoms. The summed E-state index contributed by atoms with van der Waals surface area (Å²) in [5.41, 5.74) is 6.76. The number of carbonyl (C=O) groups is 1. The minimum atomic E-state index is -0.595. The Kier molecular flexibility index (Phi) is 5.82. The molecular weight excluding hydrogens is 256 g/mol. The van der Waals surface area contributed by atoms with Gasteiger partial charge in [0.1, 0.15) is 11.5 Å². The standard InChI is InChI=1S/C15H24N2O3/c1-9(2)17-15(18)11(4)20-14-8-12(19-5)6-7-13(14)10(3)16/h6-11H,16H2,1-5H3,(H,17,18). The first-order valence-corrected chi connectivity index (χ1v) is 6.75. The summed E-state index contributed by atoms with van der Waals surface area (Å²) in [6, 6.07) is 5.32. The molecule has 2 unspecified atom stereocenters. The second-order valence-corrected chi connectivity index (χ2v) is 5.12. The van der Waals surface area contributed by atoms with Crippen molar-refractivity contribution in [2.45, 2.75) is 45.9 Å². The molecule has 1 rings (SSSR count). The van der Waals surface area contributed by atoms with E-state index >= 15 is 0 Å². The van der Waals surface area contributed by atoms with Gasteiger partial charge in [-0.3, -0.25) is 4.79 Å². The van der Waals surface area contributed by atoms with Crippen molar-refractivity contribution in [3.8, 4) is 11.5 Å². The number of carbonyl (C=O) groups excluding carboxylic acids is 1. The van der Waals surface area contributed by atoms with E-state index in [9.17, 15) is 4.79 Å². The summed E-state index contributed by atoms with van der Waals surface area (Å²) in [7, 11) is 1.58. The number of rotatable bonds is 6. The third kappa shape index (κ3) is 4.42. The van der Waals surface area contributed by atoms with Gasteiger partial charge in [-0.1, -0.05) is 6.07 Å². The van der Waals surface area contributed by atoms with E-state index in [0.29, 0.717) is 11.5 Å². The van der Waals surface area contributed by atoms with E-state index in [2.05, 4.69) is 5.32 Å². The first kappa shape index (κ1) is 16.3. The number of nitrogens with two attached hydrogens (primary N) is 1. The van der Waals surface area contributed by atoms with Gasteiger partial charge in [0.15, 0.2) is 6.10 Å². The predicted octanol–water partition coefficient (Wildman–Crippen LogP) is 2.01. The van der Waals surface area contributed by atoms with Gasteiger partial charge in [0.2, 0.25) is 0 Å². The van der Waals surface area contributed by atoms with Crippen LogP contribution in [0.1, 0.15) is 39.3 Å². The van der Waals surface area contributed by atoms with E-state index in [0.717, 1.165) is 5.56 Å². The average Bonchev–Trinajstić information content (AvgIpc) is 2.37. The molecule has 5 nitrogen and oxygen atoms in total. The summed E-state index contributed by atoms with van der Waals surface area (Å²) in [4.78, 5) is 11.9. The lowest BCUT2D eigenvalue weighted by Crippen LogP contribution is -2.40. The van der Waals surface area contributed by atoms with Crippen LogP contribution in [0.3, 0.4) is 0 Å². The minimum absolute atomic E-state index is 0.0757. The van der Waals surface area contributed by atoms with Gasteiger partial charge >= 0.3 is 0 Å². The van der Waals surface area contributed by atoms with Gasteiger partial charge in [0.25, 0.3) is 5.91 Å². The summed E-state index contributed by atoms with van der Waals surface area (Å²) < 4.78 is 10.9. The molecular formula is C15H24N2O3. The van der Waals surface area contributed by atoms with E-state index in [1.807, 2.05) is 32.9 Å². The summed E-state index contributed by atoms with van der Waals surface area (Å²) >= 11 is 0. The molecule has 0 bridgehead atoms. The van der Waals surface area contributed by atoms with Crippen LogP contribution in [0.25, 0.3) is 0 Å². The molecule has 1 aromatic rings. The van der Waals surface area contributed by atoms with Gasteiger partial charge < -0.3 is 20.5 Å². The van der Waals surface area contributed by atoms with Crippen LogP contribution in [-0.4, -0.2) is 25.2 Å². The van der Waals surface area contributed by atoms with Crippen molar-refractivity contribution in [3.05, 3.63) is 23.8 Å². The molecule has 1 aromatic carbocycles. The number of amides is 1. The first-order valence-electron chi connectivity index (χ1n) is 6.75. The lowest BCUT2D eigenvalue weighted by atomic mass is 10.1. The second-order valence-electron chi connectivity index (χ2n) is 5.12. The Morgan fingerprint density at radius 2 is 1.90 bits per heavy atom. The van der Waals surface area contributed by atoms with Crippen molar-refractivity contribution in [2.75, 3.05) is 7.11 Å².